The third-order valence-corrected chi connectivity index (χ3v) is 10.7. The smallest absolute Gasteiger partial charge is 0.428 e. The monoisotopic (exact) mass is 939 g/mol. The van der Waals surface area contributed by atoms with Gasteiger partial charge in [-0.05, 0) is 155 Å². The molecule has 0 aliphatic heterocycles. The van der Waals surface area contributed by atoms with Gasteiger partial charge in [0.1, 0.15) is 34.2 Å². The molecule has 0 aliphatic carbocycles. The number of hydrogen-bond donors (Lipinski definition) is 0. The van der Waals surface area contributed by atoms with Crippen molar-refractivity contribution in [3.63, 3.8) is 0 Å². The van der Waals surface area contributed by atoms with E-state index in [0.29, 0.717) is 53.4 Å². The Morgan fingerprint density at radius 3 is 1.35 bits per heavy atom. The molecule has 0 aromatic heterocycles. The third-order valence-electron chi connectivity index (χ3n) is 10.7. The van der Waals surface area contributed by atoms with Crippen LogP contribution < -0.4 is 14.2 Å². The molecule has 0 N–H and O–H groups in total. The largest absolute Gasteiger partial charge is 0.514 e. The molecule has 0 amide bonds. The number of carbonyl (C=O) groups excluding carboxylic acids is 5. The van der Waals surface area contributed by atoms with Crippen molar-refractivity contribution < 1.29 is 52.4 Å². The maximum Gasteiger partial charge on any atom is 0.514 e. The van der Waals surface area contributed by atoms with Gasteiger partial charge in [0.05, 0.1) is 0 Å². The first-order chi connectivity index (χ1) is 30.9. The van der Waals surface area contributed by atoms with Gasteiger partial charge in [-0.25, -0.2) is 9.59 Å². The lowest BCUT2D eigenvalue weighted by Gasteiger charge is -2.31. The molecule has 372 valence electrons. The Balaban J connectivity index is 1.63. The lowest BCUT2D eigenvalue weighted by atomic mass is 9.78. The van der Waals surface area contributed by atoms with E-state index in [9.17, 15) is 24.0 Å². The average molecular weight is 939 g/mol. The zero-order valence-electron chi connectivity index (χ0n) is 44.4. The van der Waals surface area contributed by atoms with Crippen LogP contribution in [0.5, 0.6) is 17.2 Å². The highest BCUT2D eigenvalue weighted by atomic mass is 16.7. The molecule has 68 heavy (non-hydrogen) atoms. The molecule has 0 unspecified atom stereocenters. The molecule has 0 bridgehead atoms. The number of unbranched alkanes of at least 4 members (excludes halogenated alkanes) is 1. The second-order valence-corrected chi connectivity index (χ2v) is 23.4. The molecule has 0 spiro atoms. The van der Waals surface area contributed by atoms with Crippen LogP contribution in [0.1, 0.15) is 190 Å². The van der Waals surface area contributed by atoms with Gasteiger partial charge in [-0.15, -0.1) is 0 Å². The number of hydrogen-bond acceptors (Lipinski definition) is 11. The van der Waals surface area contributed by atoms with E-state index in [0.717, 1.165) is 27.8 Å². The average Bonchev–Trinajstić information content (AvgIpc) is 3.16. The highest BCUT2D eigenvalue weighted by Crippen LogP contribution is 2.42. The van der Waals surface area contributed by atoms with Crippen LogP contribution in [-0.2, 0) is 41.1 Å². The summed E-state index contributed by atoms with van der Waals surface area (Å²) in [5.74, 6) is 0.442. The van der Waals surface area contributed by atoms with Gasteiger partial charge >= 0.3 is 24.2 Å². The first kappa shape index (κ1) is 56.6. The van der Waals surface area contributed by atoms with E-state index in [1.807, 2.05) is 87.4 Å². The first-order valence-corrected chi connectivity index (χ1v) is 23.5. The Morgan fingerprint density at radius 1 is 0.529 bits per heavy atom. The van der Waals surface area contributed by atoms with Crippen LogP contribution in [0.15, 0.2) is 83.6 Å². The number of rotatable bonds is 14. The number of benzene rings is 3. The molecule has 0 atom stereocenters. The minimum Gasteiger partial charge on any atom is -0.428 e. The molecule has 11 nitrogen and oxygen atoms in total. The zero-order chi connectivity index (χ0) is 51.8. The van der Waals surface area contributed by atoms with Crippen molar-refractivity contribution in [1.82, 2.24) is 0 Å². The van der Waals surface area contributed by atoms with Crippen molar-refractivity contribution >= 4 is 30.0 Å². The summed E-state index contributed by atoms with van der Waals surface area (Å²) in [5, 5.41) is 0. The molecular weight excluding hydrogens is 861 g/mol. The van der Waals surface area contributed by atoms with Crippen LogP contribution in [0.3, 0.4) is 0 Å². The van der Waals surface area contributed by atoms with E-state index in [2.05, 4.69) is 20.8 Å². The Labute approximate surface area is 406 Å². The van der Waals surface area contributed by atoms with E-state index in [1.54, 1.807) is 90.1 Å². The minimum atomic E-state index is -0.776. The van der Waals surface area contributed by atoms with Crippen molar-refractivity contribution in [2.45, 2.75) is 186 Å². The van der Waals surface area contributed by atoms with Crippen molar-refractivity contribution in [3.05, 3.63) is 111 Å². The van der Waals surface area contributed by atoms with Gasteiger partial charge in [-0.1, -0.05) is 101 Å². The van der Waals surface area contributed by atoms with Crippen LogP contribution >= 0.6 is 0 Å². The van der Waals surface area contributed by atoms with Crippen LogP contribution in [0.2, 0.25) is 0 Å². The molecule has 3 aromatic carbocycles. The summed E-state index contributed by atoms with van der Waals surface area (Å²) in [6.07, 6.45) is 2.12. The van der Waals surface area contributed by atoms with Gasteiger partial charge in [0.2, 0.25) is 0 Å². The fourth-order valence-electron chi connectivity index (χ4n) is 6.80. The Kier molecular flexibility index (Phi) is 18.4. The molecule has 0 saturated heterocycles. The Hall–Kier alpha value is -5.71. The fourth-order valence-corrected chi connectivity index (χ4v) is 6.80. The van der Waals surface area contributed by atoms with Crippen LogP contribution in [0, 0.1) is 10.8 Å². The quantitative estimate of drug-likeness (QED) is 0.0290. The van der Waals surface area contributed by atoms with Crippen molar-refractivity contribution in [3.8, 4) is 17.2 Å². The third kappa shape index (κ3) is 18.1. The maximum absolute atomic E-state index is 13.4. The van der Waals surface area contributed by atoms with Crippen LogP contribution in [0.4, 0.5) is 9.59 Å². The highest BCUT2D eigenvalue weighted by Gasteiger charge is 2.33. The molecular formula is C57H78O11. The summed E-state index contributed by atoms with van der Waals surface area (Å²) < 4.78 is 34.0. The van der Waals surface area contributed by atoms with Crippen LogP contribution in [-0.4, -0.2) is 41.2 Å². The van der Waals surface area contributed by atoms with Gasteiger partial charge < -0.3 is 28.4 Å². The van der Waals surface area contributed by atoms with E-state index in [-0.39, 0.29) is 29.5 Å². The van der Waals surface area contributed by atoms with Crippen LogP contribution in [0.25, 0.3) is 0 Å². The normalized spacial score (nSPS) is 13.2. The van der Waals surface area contributed by atoms with Crippen molar-refractivity contribution in [1.29, 1.82) is 0 Å². The molecule has 11 heteroatoms. The number of ether oxygens (including phenoxy) is 6. The van der Waals surface area contributed by atoms with E-state index >= 15 is 0 Å². The summed E-state index contributed by atoms with van der Waals surface area (Å²) in [7, 11) is 0. The highest BCUT2D eigenvalue weighted by molar-refractivity contribution is 6.09. The number of esters is 2. The van der Waals surface area contributed by atoms with E-state index in [1.165, 1.54) is 0 Å². The molecule has 0 fully saturated rings. The summed E-state index contributed by atoms with van der Waals surface area (Å²) in [6, 6.07) is 16.6. The van der Waals surface area contributed by atoms with Crippen molar-refractivity contribution in [2.75, 3.05) is 0 Å². The lowest BCUT2D eigenvalue weighted by Crippen LogP contribution is -2.28. The number of ketones is 1. The van der Waals surface area contributed by atoms with Gasteiger partial charge in [0, 0.05) is 35.1 Å². The summed E-state index contributed by atoms with van der Waals surface area (Å²) in [5.41, 5.74) is 2.19. The van der Waals surface area contributed by atoms with Crippen molar-refractivity contribution in [2.24, 2.45) is 10.8 Å². The lowest BCUT2D eigenvalue weighted by molar-refractivity contribution is -0.135. The Morgan fingerprint density at radius 2 is 0.956 bits per heavy atom. The van der Waals surface area contributed by atoms with E-state index in [4.69, 9.17) is 28.4 Å². The molecule has 0 aliphatic rings. The Bertz CT molecular complexity index is 2300. The molecule has 0 saturated carbocycles. The second kappa shape index (κ2) is 22.1. The zero-order valence-corrected chi connectivity index (χ0v) is 44.4. The maximum atomic E-state index is 13.4. The predicted octanol–water partition coefficient (Wildman–Crippen LogP) is 14.7. The first-order valence-electron chi connectivity index (χ1n) is 23.5. The SMILES string of the molecule is C/C(=C(OC(=O)OC(C)(C)C)\C(=C/CCCC(=O)Oc1ccc(C(=O)c2ccc(OC(=O)CCc3cc(C(C)(C)C)c(OC(=O)OC(C)(C)C)c(C(C)(C)C)c3)cc2)cc1)C(C)(C)C)C(C)(C)C. The number of carbonyl (C=O) groups is 5. The predicted molar refractivity (Wildman–Crippen MR) is 267 cm³/mol. The molecule has 0 heterocycles. The minimum absolute atomic E-state index is 0.0921. The van der Waals surface area contributed by atoms with Gasteiger partial charge in [-0.3, -0.25) is 14.4 Å². The fraction of sp³-hybridized carbons (Fsp3) is 0.526. The van der Waals surface area contributed by atoms with E-state index < -0.39 is 46.3 Å². The summed E-state index contributed by atoms with van der Waals surface area (Å²) in [4.78, 5) is 65.0. The number of allylic oxidation sites excluding steroid dienone is 3. The molecule has 3 rings (SSSR count). The standard InChI is InChI=1S/C57H78O11/c1-36(52(2,3)4)48(65-50(61)67-56(14,15)16)42(53(5,6)7)22-20-21-23-45(58)63-40-29-25-38(26-30-40)47(60)39-27-31-41(32-28-39)64-46(59)33-24-37-34-43(54(8,9)10)49(44(35-37)55(11,12)13)66-51(62)68-57(17,18)19/h22,25-32,34-35H,20-21,23-24,33H2,1-19H3/b42-22+,48-36-. The van der Waals surface area contributed by atoms with Gasteiger partial charge in [0.25, 0.3) is 0 Å². The van der Waals surface area contributed by atoms with Gasteiger partial charge in [0.15, 0.2) is 5.78 Å². The topological polar surface area (TPSA) is 141 Å². The molecule has 0 radical (unpaired) electrons. The second-order valence-electron chi connectivity index (χ2n) is 23.4. The summed E-state index contributed by atoms with van der Waals surface area (Å²) in [6.45, 7) is 37.2. The summed E-state index contributed by atoms with van der Waals surface area (Å²) >= 11 is 0. The molecule has 3 aromatic rings. The number of aryl methyl sites for hydroxylation is 1. The van der Waals surface area contributed by atoms with Gasteiger partial charge in [-0.2, -0.15) is 0 Å².